The predicted molar refractivity (Wildman–Crippen MR) is 142 cm³/mol. The van der Waals surface area contributed by atoms with Crippen LogP contribution in [0.2, 0.25) is 0 Å². The first-order valence-electron chi connectivity index (χ1n) is 11.4. The molecule has 2 aliphatic rings. The zero-order valence-electron chi connectivity index (χ0n) is 20.0. The average Bonchev–Trinajstić information content (AvgIpc) is 3.23. The molecule has 0 aromatic heterocycles. The van der Waals surface area contributed by atoms with E-state index in [1.807, 2.05) is 17.9 Å². The van der Waals surface area contributed by atoms with Crippen molar-refractivity contribution in [1.82, 2.24) is 0 Å². The van der Waals surface area contributed by atoms with Gasteiger partial charge in [-0.15, -0.1) is 4.40 Å². The number of thioether (sulfide) groups is 1. The number of fused-ring (bicyclic) bond motifs is 3. The van der Waals surface area contributed by atoms with Gasteiger partial charge in [0.05, 0.1) is 29.8 Å². The number of benzene rings is 3. The minimum atomic E-state index is -3.49. The van der Waals surface area contributed by atoms with Crippen molar-refractivity contribution in [1.29, 1.82) is 0 Å². The van der Waals surface area contributed by atoms with Crippen molar-refractivity contribution in [2.45, 2.75) is 17.9 Å². The summed E-state index contributed by atoms with van der Waals surface area (Å²) in [5, 5.41) is 3.18. The molecule has 0 saturated heterocycles. The topological polar surface area (TPSA) is 114 Å². The quantitative estimate of drug-likeness (QED) is 0.467. The molecule has 2 heterocycles. The van der Waals surface area contributed by atoms with Crippen LogP contribution in [-0.2, 0) is 19.6 Å². The molecule has 1 atom stereocenters. The first-order valence-corrected chi connectivity index (χ1v) is 13.8. The Morgan fingerprint density at radius 2 is 1.86 bits per heavy atom. The van der Waals surface area contributed by atoms with Gasteiger partial charge in [-0.1, -0.05) is 36.4 Å². The first kappa shape index (κ1) is 24.8. The number of sulfonamides is 1. The van der Waals surface area contributed by atoms with Crippen LogP contribution in [0.25, 0.3) is 0 Å². The van der Waals surface area contributed by atoms with Gasteiger partial charge in [0, 0.05) is 17.0 Å². The maximum Gasteiger partial charge on any atom is 0.339 e. The molecule has 0 aliphatic carbocycles. The molecule has 1 amide bonds. The number of hydrogen-bond donors (Lipinski definition) is 1. The van der Waals surface area contributed by atoms with Crippen molar-refractivity contribution < 1.29 is 27.5 Å². The number of anilines is 2. The standard InChI is InChI=1S/C26H23N3O6S2/c1-16-8-11-21(34-2)19(14-16)27-24(30)23(17-6-4-3-5-7-17)35-25(31)18-9-10-20-22(15-18)36-26-28-37(32,33)13-12-29(20)26/h3-11,14-15,23H,12-13H2,1-2H3,(H,27,30). The van der Waals surface area contributed by atoms with Crippen LogP contribution in [0.5, 0.6) is 5.75 Å². The predicted octanol–water partition coefficient (Wildman–Crippen LogP) is 4.15. The number of amidine groups is 1. The summed E-state index contributed by atoms with van der Waals surface area (Å²) in [5.74, 6) is -0.812. The Morgan fingerprint density at radius 1 is 1.08 bits per heavy atom. The highest BCUT2D eigenvalue weighted by atomic mass is 32.2. The summed E-state index contributed by atoms with van der Waals surface area (Å²) in [6, 6.07) is 19.1. The number of amides is 1. The fourth-order valence-electron chi connectivity index (χ4n) is 4.05. The molecule has 2 aliphatic heterocycles. The number of nitrogens with one attached hydrogen (secondary N) is 1. The highest BCUT2D eigenvalue weighted by molar-refractivity contribution is 8.15. The molecule has 9 nitrogen and oxygen atoms in total. The summed E-state index contributed by atoms with van der Waals surface area (Å²) in [5.41, 5.74) is 2.90. The van der Waals surface area contributed by atoms with Gasteiger partial charge >= 0.3 is 5.97 Å². The van der Waals surface area contributed by atoms with E-state index >= 15 is 0 Å². The molecular weight excluding hydrogens is 514 g/mol. The number of rotatable bonds is 6. The third kappa shape index (κ3) is 5.18. The van der Waals surface area contributed by atoms with E-state index in [1.54, 1.807) is 60.7 Å². The molecule has 3 aromatic carbocycles. The van der Waals surface area contributed by atoms with Gasteiger partial charge in [0.2, 0.25) is 6.10 Å². The second-order valence-electron chi connectivity index (χ2n) is 8.49. The van der Waals surface area contributed by atoms with Crippen molar-refractivity contribution >= 4 is 50.2 Å². The smallest absolute Gasteiger partial charge is 0.339 e. The van der Waals surface area contributed by atoms with Gasteiger partial charge in [0.1, 0.15) is 5.75 Å². The lowest BCUT2D eigenvalue weighted by molar-refractivity contribution is -0.125. The van der Waals surface area contributed by atoms with Crippen LogP contribution in [0.3, 0.4) is 0 Å². The summed E-state index contributed by atoms with van der Waals surface area (Å²) in [6.45, 7) is 2.19. The van der Waals surface area contributed by atoms with E-state index < -0.39 is 28.0 Å². The molecular formula is C26H23N3O6S2. The highest BCUT2D eigenvalue weighted by Crippen LogP contribution is 2.42. The number of esters is 1. The van der Waals surface area contributed by atoms with Crippen LogP contribution in [-0.4, -0.2) is 44.9 Å². The molecule has 0 spiro atoms. The van der Waals surface area contributed by atoms with Crippen LogP contribution >= 0.6 is 11.8 Å². The molecule has 0 radical (unpaired) electrons. The van der Waals surface area contributed by atoms with Crippen LogP contribution < -0.4 is 15.0 Å². The summed E-state index contributed by atoms with van der Waals surface area (Å²) in [6.07, 6.45) is -1.22. The van der Waals surface area contributed by atoms with Gasteiger partial charge < -0.3 is 19.7 Å². The molecule has 190 valence electrons. The average molecular weight is 538 g/mol. The fourth-order valence-corrected chi connectivity index (χ4v) is 6.35. The molecule has 1 unspecified atom stereocenters. The third-order valence-electron chi connectivity index (χ3n) is 5.89. The van der Waals surface area contributed by atoms with E-state index in [0.29, 0.717) is 33.6 Å². The fraction of sp³-hybridized carbons (Fsp3) is 0.192. The minimum absolute atomic E-state index is 0.0696. The number of ether oxygens (including phenoxy) is 2. The summed E-state index contributed by atoms with van der Waals surface area (Å²) >= 11 is 1.18. The van der Waals surface area contributed by atoms with Gasteiger partial charge in [-0.2, -0.15) is 0 Å². The lowest BCUT2D eigenvalue weighted by Crippen LogP contribution is -2.35. The number of nitrogens with zero attached hydrogens (tertiary/aromatic N) is 2. The van der Waals surface area contributed by atoms with Crippen molar-refractivity contribution in [3.8, 4) is 5.75 Å². The Hall–Kier alpha value is -3.83. The van der Waals surface area contributed by atoms with Gasteiger partial charge in [0.15, 0.2) is 5.17 Å². The van der Waals surface area contributed by atoms with E-state index in [2.05, 4.69) is 9.71 Å². The second kappa shape index (κ2) is 9.91. The van der Waals surface area contributed by atoms with Crippen LogP contribution in [0.4, 0.5) is 11.4 Å². The molecule has 0 bridgehead atoms. The molecule has 3 aromatic rings. The molecule has 1 N–H and O–H groups in total. The number of aryl methyl sites for hydroxylation is 1. The Balaban J connectivity index is 1.40. The van der Waals surface area contributed by atoms with Gasteiger partial charge in [-0.3, -0.25) is 4.79 Å². The highest BCUT2D eigenvalue weighted by Gasteiger charge is 2.34. The van der Waals surface area contributed by atoms with Gasteiger partial charge in [-0.05, 0) is 54.6 Å². The lowest BCUT2D eigenvalue weighted by atomic mass is 10.1. The van der Waals surface area contributed by atoms with Crippen molar-refractivity contribution in [3.63, 3.8) is 0 Å². The van der Waals surface area contributed by atoms with E-state index in [-0.39, 0.29) is 11.3 Å². The molecule has 11 heteroatoms. The maximum atomic E-state index is 13.4. The van der Waals surface area contributed by atoms with E-state index in [1.165, 1.54) is 18.9 Å². The number of hydrogen-bond acceptors (Lipinski definition) is 8. The van der Waals surface area contributed by atoms with Gasteiger partial charge in [0.25, 0.3) is 15.9 Å². The normalized spacial score (nSPS) is 16.2. The Bertz CT molecular complexity index is 1520. The first-order chi connectivity index (χ1) is 17.7. The summed E-state index contributed by atoms with van der Waals surface area (Å²) < 4.78 is 38.7. The van der Waals surface area contributed by atoms with Crippen molar-refractivity contribution in [2.75, 3.05) is 29.6 Å². The maximum absolute atomic E-state index is 13.4. The van der Waals surface area contributed by atoms with Crippen LogP contribution in [0.1, 0.15) is 27.6 Å². The third-order valence-corrected chi connectivity index (χ3v) is 8.19. The second-order valence-corrected chi connectivity index (χ2v) is 11.2. The van der Waals surface area contributed by atoms with E-state index in [0.717, 1.165) is 11.3 Å². The summed E-state index contributed by atoms with van der Waals surface area (Å²) in [7, 11) is -1.98. The minimum Gasteiger partial charge on any atom is -0.495 e. The number of carbonyl (C=O) groups is 2. The number of carbonyl (C=O) groups excluding carboxylic acids is 2. The van der Waals surface area contributed by atoms with E-state index in [9.17, 15) is 18.0 Å². The largest absolute Gasteiger partial charge is 0.495 e. The Morgan fingerprint density at radius 3 is 2.62 bits per heavy atom. The van der Waals surface area contributed by atoms with Crippen molar-refractivity contribution in [2.24, 2.45) is 4.40 Å². The molecule has 5 rings (SSSR count). The van der Waals surface area contributed by atoms with Crippen LogP contribution in [0, 0.1) is 6.92 Å². The Kier molecular flexibility index (Phi) is 6.65. The number of methoxy groups -OCH3 is 1. The summed E-state index contributed by atoms with van der Waals surface area (Å²) in [4.78, 5) is 29.1. The van der Waals surface area contributed by atoms with Crippen LogP contribution in [0.15, 0.2) is 76.0 Å². The molecule has 0 fully saturated rings. The monoisotopic (exact) mass is 537 g/mol. The zero-order valence-corrected chi connectivity index (χ0v) is 21.6. The van der Waals surface area contributed by atoms with Crippen molar-refractivity contribution in [3.05, 3.63) is 83.4 Å². The van der Waals surface area contributed by atoms with E-state index in [4.69, 9.17) is 9.47 Å². The Labute approximate surface area is 218 Å². The lowest BCUT2D eigenvalue weighted by Gasteiger charge is -2.22. The molecule has 0 saturated carbocycles. The SMILES string of the molecule is COc1ccc(C)cc1NC(=O)C(OC(=O)c1ccc2c(c1)SC1=NS(=O)(=O)CCN12)c1ccccc1. The van der Waals surface area contributed by atoms with Gasteiger partial charge in [-0.25, -0.2) is 13.2 Å². The zero-order chi connectivity index (χ0) is 26.2. The molecule has 37 heavy (non-hydrogen) atoms.